The molecule has 9 nitrogen and oxygen atoms in total. The van der Waals surface area contributed by atoms with Crippen molar-refractivity contribution in [2.24, 2.45) is 0 Å². The number of rotatable bonds is 8. The van der Waals surface area contributed by atoms with Crippen LogP contribution in [0, 0.1) is 5.82 Å². The maximum Gasteiger partial charge on any atom is 0.274 e. The van der Waals surface area contributed by atoms with E-state index in [1.54, 1.807) is 0 Å². The molecule has 0 bridgehead atoms. The zero-order chi connectivity index (χ0) is 25.1. The minimum atomic E-state index is -3.34. The fourth-order valence-electron chi connectivity index (χ4n) is 4.48. The molecule has 0 amide bonds. The minimum Gasteiger partial charge on any atom is -0.467 e. The van der Waals surface area contributed by atoms with Crippen LogP contribution in [0.3, 0.4) is 0 Å². The maximum atomic E-state index is 13.1. The molecular formula is C24H28FN5O4S2. The van der Waals surface area contributed by atoms with Crippen LogP contribution >= 0.6 is 11.3 Å². The van der Waals surface area contributed by atoms with E-state index in [9.17, 15) is 12.8 Å². The molecule has 4 heterocycles. The van der Waals surface area contributed by atoms with E-state index in [0.717, 1.165) is 47.3 Å². The normalized spacial score (nSPS) is 17.9. The van der Waals surface area contributed by atoms with E-state index in [4.69, 9.17) is 9.84 Å². The van der Waals surface area contributed by atoms with Crippen LogP contribution in [0.15, 0.2) is 36.7 Å². The number of piperidine rings is 1. The highest BCUT2D eigenvalue weighted by molar-refractivity contribution is 7.89. The number of aliphatic hydroxyl groups excluding tert-OH is 1. The van der Waals surface area contributed by atoms with E-state index < -0.39 is 15.8 Å². The number of benzene rings is 1. The third-order valence-corrected chi connectivity index (χ3v) is 9.30. The monoisotopic (exact) mass is 533 g/mol. The molecule has 1 saturated heterocycles. The van der Waals surface area contributed by atoms with E-state index in [2.05, 4.69) is 21.0 Å². The smallest absolute Gasteiger partial charge is 0.274 e. The van der Waals surface area contributed by atoms with Gasteiger partial charge in [-0.1, -0.05) is 23.5 Å². The summed E-state index contributed by atoms with van der Waals surface area (Å²) in [5.41, 5.74) is 3.06. The Morgan fingerprint density at radius 1 is 1.17 bits per heavy atom. The molecule has 0 atom stereocenters. The zero-order valence-electron chi connectivity index (χ0n) is 19.7. The molecule has 0 saturated carbocycles. The molecule has 192 valence electrons. The van der Waals surface area contributed by atoms with Crippen molar-refractivity contribution in [2.75, 3.05) is 43.4 Å². The molecule has 0 unspecified atom stereocenters. The summed E-state index contributed by atoms with van der Waals surface area (Å²) < 4.78 is 46.5. The standard InChI is InChI=1S/C24H28FN5O4S2/c25-19-15-26-23(27-16-19)29-8-6-20(7-9-29)34-24-28-21-3-2-18(14-22(21)35-24)17-4-10-30(11-5-17)36(32,33)13-1-12-31/h2-4,14-16,20,31H,1,5-13H2. The summed E-state index contributed by atoms with van der Waals surface area (Å²) >= 11 is 1.51. The lowest BCUT2D eigenvalue weighted by Gasteiger charge is -2.31. The molecule has 1 fully saturated rings. The van der Waals surface area contributed by atoms with E-state index in [1.165, 1.54) is 28.0 Å². The molecule has 0 aliphatic carbocycles. The molecule has 0 spiro atoms. The Kier molecular flexibility index (Phi) is 7.47. The predicted octanol–water partition coefficient (Wildman–Crippen LogP) is 3.07. The van der Waals surface area contributed by atoms with Crippen molar-refractivity contribution >= 4 is 43.1 Å². The Balaban J connectivity index is 1.20. The van der Waals surface area contributed by atoms with Crippen LogP contribution in [0.2, 0.25) is 0 Å². The first-order chi connectivity index (χ1) is 17.4. The van der Waals surface area contributed by atoms with Gasteiger partial charge in [0.2, 0.25) is 16.0 Å². The van der Waals surface area contributed by atoms with Crippen LogP contribution < -0.4 is 9.64 Å². The van der Waals surface area contributed by atoms with Crippen molar-refractivity contribution < 1.29 is 22.7 Å². The number of ether oxygens (including phenoxy) is 1. The van der Waals surface area contributed by atoms with Crippen LogP contribution in [-0.4, -0.2) is 77.4 Å². The van der Waals surface area contributed by atoms with Gasteiger partial charge in [0.25, 0.3) is 5.19 Å². The van der Waals surface area contributed by atoms with Gasteiger partial charge < -0.3 is 14.7 Å². The number of aliphatic hydroxyl groups is 1. The fraction of sp³-hybridized carbons (Fsp3) is 0.458. The lowest BCUT2D eigenvalue weighted by Crippen LogP contribution is -2.39. The van der Waals surface area contributed by atoms with Crippen molar-refractivity contribution in [3.05, 3.63) is 48.0 Å². The maximum absolute atomic E-state index is 13.1. The number of halogens is 1. The Hall–Kier alpha value is -2.67. The van der Waals surface area contributed by atoms with Crippen molar-refractivity contribution in [3.63, 3.8) is 0 Å². The van der Waals surface area contributed by atoms with E-state index in [1.807, 2.05) is 23.1 Å². The lowest BCUT2D eigenvalue weighted by atomic mass is 10.0. The molecule has 1 N–H and O–H groups in total. The van der Waals surface area contributed by atoms with Crippen molar-refractivity contribution in [2.45, 2.75) is 31.8 Å². The van der Waals surface area contributed by atoms with Crippen molar-refractivity contribution in [1.29, 1.82) is 0 Å². The van der Waals surface area contributed by atoms with Gasteiger partial charge in [-0.2, -0.15) is 4.31 Å². The topological polar surface area (TPSA) is 109 Å². The van der Waals surface area contributed by atoms with Crippen LogP contribution in [-0.2, 0) is 10.0 Å². The van der Waals surface area contributed by atoms with Gasteiger partial charge in [0.05, 0.1) is 28.4 Å². The summed E-state index contributed by atoms with van der Waals surface area (Å²) in [6.07, 6.45) is 6.87. The number of anilines is 1. The first-order valence-electron chi connectivity index (χ1n) is 12.0. The van der Waals surface area contributed by atoms with Crippen LogP contribution in [0.4, 0.5) is 10.3 Å². The van der Waals surface area contributed by atoms with Gasteiger partial charge in [-0.3, -0.25) is 0 Å². The third kappa shape index (κ3) is 5.66. The van der Waals surface area contributed by atoms with E-state index in [-0.39, 0.29) is 24.9 Å². The second-order valence-electron chi connectivity index (χ2n) is 8.90. The second kappa shape index (κ2) is 10.8. The first kappa shape index (κ1) is 25.0. The summed E-state index contributed by atoms with van der Waals surface area (Å²) in [6.45, 7) is 2.12. The van der Waals surface area contributed by atoms with Crippen molar-refractivity contribution in [3.8, 4) is 5.19 Å². The summed E-state index contributed by atoms with van der Waals surface area (Å²) in [5, 5.41) is 9.57. The molecular weight excluding hydrogens is 505 g/mol. The van der Waals surface area contributed by atoms with E-state index in [0.29, 0.717) is 30.7 Å². The van der Waals surface area contributed by atoms with Crippen LogP contribution in [0.5, 0.6) is 5.19 Å². The minimum absolute atomic E-state index is 0.0265. The molecule has 12 heteroatoms. The SMILES string of the molecule is O=S(=O)(CCCO)N1CC=C(c2ccc3nc(OC4CCN(c5ncc(F)cn5)CC4)sc3c2)CC1. The molecule has 5 rings (SSSR count). The molecule has 2 aliphatic rings. The lowest BCUT2D eigenvalue weighted by molar-refractivity contribution is 0.170. The van der Waals surface area contributed by atoms with Gasteiger partial charge in [-0.25, -0.2) is 27.8 Å². The average Bonchev–Trinajstić information content (AvgIpc) is 3.30. The Bertz CT molecular complexity index is 1340. The highest BCUT2D eigenvalue weighted by atomic mass is 32.2. The summed E-state index contributed by atoms with van der Waals surface area (Å²) in [4.78, 5) is 14.8. The third-order valence-electron chi connectivity index (χ3n) is 6.46. The van der Waals surface area contributed by atoms with Gasteiger partial charge in [-0.15, -0.1) is 0 Å². The molecule has 2 aliphatic heterocycles. The quantitative estimate of drug-likeness (QED) is 0.471. The summed E-state index contributed by atoms with van der Waals surface area (Å²) in [5.74, 6) is 0.0616. The Morgan fingerprint density at radius 2 is 1.94 bits per heavy atom. The van der Waals surface area contributed by atoms with Crippen LogP contribution in [0.1, 0.15) is 31.2 Å². The first-order valence-corrected chi connectivity index (χ1v) is 14.4. The van der Waals surface area contributed by atoms with E-state index >= 15 is 0 Å². The zero-order valence-corrected chi connectivity index (χ0v) is 21.3. The second-order valence-corrected chi connectivity index (χ2v) is 12.0. The van der Waals surface area contributed by atoms with Gasteiger partial charge in [0.15, 0.2) is 5.82 Å². The number of thiazole rings is 1. The van der Waals surface area contributed by atoms with Gasteiger partial charge in [0.1, 0.15) is 6.10 Å². The average molecular weight is 534 g/mol. The number of nitrogens with zero attached hydrogens (tertiary/aromatic N) is 5. The van der Waals surface area contributed by atoms with Gasteiger partial charge >= 0.3 is 0 Å². The number of hydrogen-bond acceptors (Lipinski definition) is 9. The highest BCUT2D eigenvalue weighted by Crippen LogP contribution is 2.33. The molecule has 36 heavy (non-hydrogen) atoms. The summed E-state index contributed by atoms with van der Waals surface area (Å²) in [6, 6.07) is 6.10. The summed E-state index contributed by atoms with van der Waals surface area (Å²) in [7, 11) is -3.34. The number of aromatic nitrogens is 3. The van der Waals surface area contributed by atoms with Gasteiger partial charge in [0, 0.05) is 45.6 Å². The highest BCUT2D eigenvalue weighted by Gasteiger charge is 2.25. The number of hydrogen-bond donors (Lipinski definition) is 1. The Labute approximate surface area is 213 Å². The van der Waals surface area contributed by atoms with Crippen LogP contribution in [0.25, 0.3) is 15.8 Å². The fourth-order valence-corrected chi connectivity index (χ4v) is 6.82. The molecule has 1 aromatic carbocycles. The largest absolute Gasteiger partial charge is 0.467 e. The predicted molar refractivity (Wildman–Crippen MR) is 137 cm³/mol. The number of fused-ring (bicyclic) bond motifs is 1. The molecule has 2 aromatic heterocycles. The molecule has 0 radical (unpaired) electrons. The molecule has 3 aromatic rings. The van der Waals surface area contributed by atoms with Crippen molar-refractivity contribution in [1.82, 2.24) is 19.3 Å². The Morgan fingerprint density at radius 3 is 2.64 bits per heavy atom. The van der Waals surface area contributed by atoms with Gasteiger partial charge in [-0.05, 0) is 36.1 Å². The number of sulfonamides is 1.